The van der Waals surface area contributed by atoms with E-state index in [2.05, 4.69) is 10.3 Å². The second-order valence-electron chi connectivity index (χ2n) is 6.64. The third-order valence-electron chi connectivity index (χ3n) is 4.69. The number of carbonyl (C=O) groups excluding carboxylic acids is 1. The van der Waals surface area contributed by atoms with Crippen LogP contribution in [0.1, 0.15) is 10.4 Å². The molecule has 5 aromatic rings. The smallest absolute Gasteiger partial charge is 0.258 e. The van der Waals surface area contributed by atoms with Gasteiger partial charge >= 0.3 is 0 Å². The molecular formula is C23H13Cl2N3OS. The minimum absolute atomic E-state index is 0.242. The van der Waals surface area contributed by atoms with Gasteiger partial charge in [0.1, 0.15) is 0 Å². The fourth-order valence-electron chi connectivity index (χ4n) is 3.26. The van der Waals surface area contributed by atoms with E-state index in [1.165, 1.54) is 11.3 Å². The first-order valence-corrected chi connectivity index (χ1v) is 10.7. The molecule has 3 aromatic carbocycles. The maximum atomic E-state index is 13.2. The molecule has 0 aliphatic rings. The lowest BCUT2D eigenvalue weighted by Crippen LogP contribution is -2.13. The van der Waals surface area contributed by atoms with Gasteiger partial charge in [-0.25, -0.2) is 9.97 Å². The maximum Gasteiger partial charge on any atom is 0.258 e. The molecule has 0 spiro atoms. The monoisotopic (exact) mass is 449 g/mol. The molecule has 1 amide bonds. The molecule has 1 N–H and O–H groups in total. The Hall–Kier alpha value is -2.99. The quantitative estimate of drug-likeness (QED) is 0.320. The molecule has 7 heteroatoms. The molecule has 30 heavy (non-hydrogen) atoms. The number of hydrogen-bond donors (Lipinski definition) is 1. The Bertz CT molecular complexity index is 1400. The summed E-state index contributed by atoms with van der Waals surface area (Å²) < 4.78 is 1.02. The molecule has 0 radical (unpaired) electrons. The topological polar surface area (TPSA) is 54.9 Å². The first-order chi connectivity index (χ1) is 14.6. The van der Waals surface area contributed by atoms with Gasteiger partial charge in [-0.05, 0) is 36.4 Å². The number of carbonyl (C=O) groups is 1. The van der Waals surface area contributed by atoms with Gasteiger partial charge in [-0.3, -0.25) is 10.1 Å². The van der Waals surface area contributed by atoms with Crippen molar-refractivity contribution in [3.63, 3.8) is 0 Å². The van der Waals surface area contributed by atoms with Crippen LogP contribution in [0.5, 0.6) is 0 Å². The molecule has 0 bridgehead atoms. The second-order valence-corrected chi connectivity index (χ2v) is 8.49. The summed E-state index contributed by atoms with van der Waals surface area (Å²) in [5, 5.41) is 5.15. The van der Waals surface area contributed by atoms with E-state index in [4.69, 9.17) is 28.2 Å². The molecule has 0 aliphatic carbocycles. The summed E-state index contributed by atoms with van der Waals surface area (Å²) in [5.74, 6) is -0.242. The van der Waals surface area contributed by atoms with Crippen LogP contribution in [0, 0.1) is 0 Å². The van der Waals surface area contributed by atoms with Crippen LogP contribution in [0.4, 0.5) is 5.13 Å². The molecule has 0 unspecified atom stereocenters. The van der Waals surface area contributed by atoms with Crippen LogP contribution in [-0.4, -0.2) is 15.9 Å². The Morgan fingerprint density at radius 1 is 0.833 bits per heavy atom. The molecule has 0 saturated heterocycles. The number of fused-ring (bicyclic) bond motifs is 2. The van der Waals surface area contributed by atoms with Crippen LogP contribution >= 0.6 is 34.5 Å². The second kappa shape index (κ2) is 7.69. The number of aromatic nitrogens is 2. The highest BCUT2D eigenvalue weighted by Crippen LogP contribution is 2.31. The van der Waals surface area contributed by atoms with Crippen molar-refractivity contribution in [3.8, 4) is 11.3 Å². The third kappa shape index (κ3) is 3.52. The summed E-state index contributed by atoms with van der Waals surface area (Å²) in [7, 11) is 0. The van der Waals surface area contributed by atoms with Crippen LogP contribution in [0.15, 0.2) is 72.8 Å². The van der Waals surface area contributed by atoms with E-state index in [-0.39, 0.29) is 5.91 Å². The van der Waals surface area contributed by atoms with Crippen molar-refractivity contribution in [2.45, 2.75) is 0 Å². The number of benzene rings is 3. The number of nitrogens with one attached hydrogen (secondary N) is 1. The molecule has 4 nitrogen and oxygen atoms in total. The summed E-state index contributed by atoms with van der Waals surface area (Å²) in [6.45, 7) is 0. The van der Waals surface area contributed by atoms with Crippen LogP contribution in [-0.2, 0) is 0 Å². The van der Waals surface area contributed by atoms with Gasteiger partial charge in [-0.2, -0.15) is 0 Å². The number of pyridine rings is 1. The highest BCUT2D eigenvalue weighted by molar-refractivity contribution is 7.22. The maximum absolute atomic E-state index is 13.2. The molecule has 0 atom stereocenters. The Balaban J connectivity index is 1.59. The van der Waals surface area contributed by atoms with Gasteiger partial charge in [-0.1, -0.05) is 70.9 Å². The fourth-order valence-corrected chi connectivity index (χ4v) is 4.42. The Morgan fingerprint density at radius 3 is 2.40 bits per heavy atom. The zero-order chi connectivity index (χ0) is 20.7. The normalized spacial score (nSPS) is 11.1. The van der Waals surface area contributed by atoms with E-state index >= 15 is 0 Å². The van der Waals surface area contributed by atoms with E-state index in [0.29, 0.717) is 26.4 Å². The summed E-state index contributed by atoms with van der Waals surface area (Å²) in [6, 6.07) is 22.4. The number of anilines is 1. The van der Waals surface area contributed by atoms with Crippen molar-refractivity contribution >= 4 is 66.7 Å². The van der Waals surface area contributed by atoms with E-state index in [1.54, 1.807) is 18.2 Å². The fraction of sp³-hybridized carbons (Fsp3) is 0. The van der Waals surface area contributed by atoms with E-state index < -0.39 is 0 Å². The van der Waals surface area contributed by atoms with Gasteiger partial charge in [-0.15, -0.1) is 0 Å². The Labute approximate surface area is 186 Å². The Morgan fingerprint density at radius 2 is 1.60 bits per heavy atom. The molecule has 5 rings (SSSR count). The van der Waals surface area contributed by atoms with Crippen LogP contribution in [0.2, 0.25) is 10.0 Å². The van der Waals surface area contributed by atoms with Crippen molar-refractivity contribution in [3.05, 3.63) is 88.4 Å². The van der Waals surface area contributed by atoms with Crippen LogP contribution < -0.4 is 5.32 Å². The minimum atomic E-state index is -0.242. The van der Waals surface area contributed by atoms with Gasteiger partial charge < -0.3 is 0 Å². The molecule has 2 heterocycles. The number of amides is 1. The number of thiazole rings is 1. The lowest BCUT2D eigenvalue weighted by molar-refractivity contribution is 0.102. The van der Waals surface area contributed by atoms with Gasteiger partial charge in [0.2, 0.25) is 0 Å². The number of rotatable bonds is 3. The predicted octanol–water partition coefficient (Wildman–Crippen LogP) is 7.07. The molecule has 2 aromatic heterocycles. The van der Waals surface area contributed by atoms with E-state index in [0.717, 1.165) is 26.7 Å². The third-order valence-corrected chi connectivity index (χ3v) is 6.38. The van der Waals surface area contributed by atoms with Crippen molar-refractivity contribution in [1.29, 1.82) is 0 Å². The molecule has 146 valence electrons. The molecule has 0 aliphatic heterocycles. The summed E-state index contributed by atoms with van der Waals surface area (Å²) in [4.78, 5) is 22.4. The van der Waals surface area contributed by atoms with Gasteiger partial charge in [0.25, 0.3) is 5.91 Å². The first-order valence-electron chi connectivity index (χ1n) is 9.10. The highest BCUT2D eigenvalue weighted by Gasteiger charge is 2.16. The van der Waals surface area contributed by atoms with Gasteiger partial charge in [0.15, 0.2) is 5.13 Å². The molecule has 0 fully saturated rings. The summed E-state index contributed by atoms with van der Waals surface area (Å²) in [5.41, 5.74) is 3.51. The van der Waals surface area contributed by atoms with E-state index in [1.807, 2.05) is 54.6 Å². The Kier molecular flexibility index (Phi) is 4.87. The average molecular weight is 450 g/mol. The summed E-state index contributed by atoms with van der Waals surface area (Å²) in [6.07, 6.45) is 0. The SMILES string of the molecule is O=C(Nc1nc2ccccc2s1)c1cc(-c2ccc(Cl)c(Cl)c2)nc2ccccc12. The lowest BCUT2D eigenvalue weighted by Gasteiger charge is -2.10. The summed E-state index contributed by atoms with van der Waals surface area (Å²) >= 11 is 13.7. The number of para-hydroxylation sites is 2. The van der Waals surface area contributed by atoms with Crippen molar-refractivity contribution in [1.82, 2.24) is 9.97 Å². The lowest BCUT2D eigenvalue weighted by atomic mass is 10.0. The zero-order valence-corrected chi connectivity index (χ0v) is 17.7. The number of halogens is 2. The highest BCUT2D eigenvalue weighted by atomic mass is 35.5. The molecule has 0 saturated carbocycles. The van der Waals surface area contributed by atoms with Gasteiger partial charge in [0.05, 0.1) is 37.0 Å². The van der Waals surface area contributed by atoms with Crippen molar-refractivity contribution in [2.24, 2.45) is 0 Å². The standard InChI is InChI=1S/C23H13Cl2N3OS/c24-16-10-9-13(11-17(16)25)20-12-15(14-5-1-2-6-18(14)26-20)22(29)28-23-27-19-7-3-4-8-21(19)30-23/h1-12H,(H,27,28,29). The molecular weight excluding hydrogens is 437 g/mol. The van der Waals surface area contributed by atoms with E-state index in [9.17, 15) is 4.79 Å². The van der Waals surface area contributed by atoms with Crippen LogP contribution in [0.3, 0.4) is 0 Å². The van der Waals surface area contributed by atoms with Crippen molar-refractivity contribution in [2.75, 3.05) is 5.32 Å². The predicted molar refractivity (Wildman–Crippen MR) is 125 cm³/mol. The number of nitrogens with zero attached hydrogens (tertiary/aromatic N) is 2. The first kappa shape index (κ1) is 19.0. The van der Waals surface area contributed by atoms with Gasteiger partial charge in [0, 0.05) is 10.9 Å². The average Bonchev–Trinajstić information content (AvgIpc) is 3.17. The minimum Gasteiger partial charge on any atom is -0.298 e. The number of hydrogen-bond acceptors (Lipinski definition) is 4. The van der Waals surface area contributed by atoms with Crippen LogP contribution in [0.25, 0.3) is 32.4 Å². The largest absolute Gasteiger partial charge is 0.298 e. The van der Waals surface area contributed by atoms with Crippen molar-refractivity contribution < 1.29 is 4.79 Å². The zero-order valence-electron chi connectivity index (χ0n) is 15.4.